The maximum atomic E-state index is 13.5. The molecule has 0 aromatic carbocycles. The molecule has 0 aliphatic carbocycles. The number of carbonyl (C=O) groups is 2. The van der Waals surface area contributed by atoms with Crippen molar-refractivity contribution < 1.29 is 37.3 Å². The molecule has 0 bridgehead atoms. The van der Waals surface area contributed by atoms with Gasteiger partial charge >= 0.3 is 13.8 Å². The molecule has 2 N–H and O–H groups in total. The number of unbranched alkanes of at least 4 members (excludes halogenated alkanes) is 24. The number of rotatable bonds is 54. The van der Waals surface area contributed by atoms with Crippen molar-refractivity contribution >= 4 is 19.7 Å². The fourth-order valence-corrected chi connectivity index (χ4v) is 9.03. The molecule has 1 amide bonds. The van der Waals surface area contributed by atoms with Gasteiger partial charge in [-0.1, -0.05) is 227 Å². The lowest BCUT2D eigenvalue weighted by molar-refractivity contribution is -0.870. The Morgan fingerprint density at radius 1 is 0.480 bits per heavy atom. The lowest BCUT2D eigenvalue weighted by atomic mass is 10.0. The third-order valence-corrected chi connectivity index (χ3v) is 14.0. The summed E-state index contributed by atoms with van der Waals surface area (Å²) in [6, 6.07) is -0.875. The smallest absolute Gasteiger partial charge is 0.456 e. The highest BCUT2D eigenvalue weighted by Crippen LogP contribution is 2.43. The number of amides is 1. The molecule has 0 aliphatic rings. The van der Waals surface area contributed by atoms with E-state index in [2.05, 4.69) is 111 Å². The summed E-state index contributed by atoms with van der Waals surface area (Å²) >= 11 is 0. The van der Waals surface area contributed by atoms with E-state index in [9.17, 15) is 19.0 Å². The third kappa shape index (κ3) is 55.5. The molecule has 75 heavy (non-hydrogen) atoms. The van der Waals surface area contributed by atoms with Crippen LogP contribution in [-0.4, -0.2) is 74.3 Å². The van der Waals surface area contributed by atoms with Crippen LogP contribution >= 0.6 is 7.82 Å². The van der Waals surface area contributed by atoms with Crippen molar-refractivity contribution in [2.45, 2.75) is 264 Å². The Morgan fingerprint density at radius 3 is 1.31 bits per heavy atom. The van der Waals surface area contributed by atoms with Crippen LogP contribution in [0.5, 0.6) is 0 Å². The predicted octanol–water partition coefficient (Wildman–Crippen LogP) is 18.8. The molecular formula is C65H116N2O7P+. The summed E-state index contributed by atoms with van der Waals surface area (Å²) in [6.45, 7) is 6.85. The SMILES string of the molecule is CC/C=C\C/C=C\C/C=C\C/C=C\C/C=C\C/C=C\CCCCC(=O)OC(/C=C/CCCCCCCCCCCC)C(COP(=O)(O)OCC[N+](C)(C)C)NC(=O)CCCCCCC/C=C/CCCCCCCCC. The summed E-state index contributed by atoms with van der Waals surface area (Å²) in [5.74, 6) is -0.569. The Bertz CT molecular complexity index is 1610. The molecule has 0 aliphatic heterocycles. The number of hydrogen-bond donors (Lipinski definition) is 2. The van der Waals surface area contributed by atoms with Gasteiger partial charge in [0, 0.05) is 12.8 Å². The maximum Gasteiger partial charge on any atom is 0.472 e. The lowest BCUT2D eigenvalue weighted by Crippen LogP contribution is -2.47. The van der Waals surface area contributed by atoms with Gasteiger partial charge in [0.05, 0.1) is 33.8 Å². The minimum Gasteiger partial charge on any atom is -0.456 e. The van der Waals surface area contributed by atoms with Crippen LogP contribution in [0.4, 0.5) is 0 Å². The summed E-state index contributed by atoms with van der Waals surface area (Å²) in [7, 11) is 1.46. The summed E-state index contributed by atoms with van der Waals surface area (Å²) < 4.78 is 30.6. The number of carbonyl (C=O) groups excluding carboxylic acids is 2. The van der Waals surface area contributed by atoms with Gasteiger partial charge in [0.1, 0.15) is 19.3 Å². The van der Waals surface area contributed by atoms with E-state index in [1.165, 1.54) is 103 Å². The van der Waals surface area contributed by atoms with Crippen LogP contribution in [0.3, 0.4) is 0 Å². The molecule has 0 heterocycles. The van der Waals surface area contributed by atoms with Gasteiger partial charge in [0.15, 0.2) is 0 Å². The molecule has 0 radical (unpaired) electrons. The first-order valence-electron chi connectivity index (χ1n) is 30.6. The van der Waals surface area contributed by atoms with Crippen molar-refractivity contribution in [2.24, 2.45) is 0 Å². The topological polar surface area (TPSA) is 111 Å². The number of quaternary nitrogens is 1. The standard InChI is InChI=1S/C65H115N2O7P/c1-7-10-13-16-19-22-25-28-30-32-33-34-35-36-38-40-43-46-49-52-55-58-65(69)74-63(56-53-50-47-44-41-27-24-21-18-15-12-9-3)62(61-73-75(70,71)72-60-59-67(4,5)6)66-64(68)57-54-51-48-45-42-39-37-31-29-26-23-20-17-14-11-8-2/h10,13,19,22,28,30-31,33-34,36-38,43,46,53,56,62-63H,7-9,11-12,14-18,20-21,23-27,29,32,35,39-42,44-45,47-52,54-55,57-61H2,1-6H3,(H-,66,68,70,71)/p+1/b13-10-,22-19-,30-28-,34-33-,37-31+,38-36-,46-43-,56-53+. The van der Waals surface area contributed by atoms with Gasteiger partial charge < -0.3 is 19.4 Å². The molecule has 0 saturated carbocycles. The Balaban J connectivity index is 5.38. The molecule has 0 aromatic heterocycles. The van der Waals surface area contributed by atoms with E-state index in [0.29, 0.717) is 23.9 Å². The largest absolute Gasteiger partial charge is 0.472 e. The van der Waals surface area contributed by atoms with Gasteiger partial charge in [-0.3, -0.25) is 18.6 Å². The van der Waals surface area contributed by atoms with E-state index in [-0.39, 0.29) is 31.5 Å². The van der Waals surface area contributed by atoms with Gasteiger partial charge in [0.25, 0.3) is 0 Å². The number of likely N-dealkylation sites (N-methyl/N-ethyl adjacent to an activating group) is 1. The lowest BCUT2D eigenvalue weighted by Gasteiger charge is -2.27. The molecule has 0 aromatic rings. The fourth-order valence-electron chi connectivity index (χ4n) is 8.29. The van der Waals surface area contributed by atoms with Crippen LogP contribution in [0, 0.1) is 0 Å². The number of ether oxygens (including phenoxy) is 1. The molecule has 3 atom stereocenters. The predicted molar refractivity (Wildman–Crippen MR) is 323 cm³/mol. The minimum atomic E-state index is -4.46. The van der Waals surface area contributed by atoms with Crippen LogP contribution in [0.2, 0.25) is 0 Å². The maximum absolute atomic E-state index is 13.5. The zero-order chi connectivity index (χ0) is 55.0. The normalized spacial score (nSPS) is 14.4. The van der Waals surface area contributed by atoms with Crippen LogP contribution < -0.4 is 5.32 Å². The van der Waals surface area contributed by atoms with Crippen LogP contribution in [0.15, 0.2) is 97.2 Å². The summed E-state index contributed by atoms with van der Waals surface area (Å²) in [4.78, 5) is 37.7. The molecule has 3 unspecified atom stereocenters. The second kappa shape index (κ2) is 54.3. The second-order valence-corrected chi connectivity index (χ2v) is 22.9. The first-order valence-corrected chi connectivity index (χ1v) is 32.1. The molecule has 9 nitrogen and oxygen atoms in total. The Labute approximate surface area is 462 Å². The molecule has 0 saturated heterocycles. The van der Waals surface area contributed by atoms with E-state index >= 15 is 0 Å². The van der Waals surface area contributed by atoms with Gasteiger partial charge in [-0.15, -0.1) is 0 Å². The molecular weight excluding hydrogens is 952 g/mol. The zero-order valence-corrected chi connectivity index (χ0v) is 50.2. The average molecular weight is 1070 g/mol. The minimum absolute atomic E-state index is 0.0274. The van der Waals surface area contributed by atoms with E-state index in [1.807, 2.05) is 33.3 Å². The summed E-state index contributed by atoms with van der Waals surface area (Å²) in [5.41, 5.74) is 0. The van der Waals surface area contributed by atoms with Crippen molar-refractivity contribution in [3.8, 4) is 0 Å². The fraction of sp³-hybridized carbons (Fsp3) is 0.723. The number of esters is 1. The number of phosphoric ester groups is 1. The first kappa shape index (κ1) is 71.9. The van der Waals surface area contributed by atoms with E-state index in [0.717, 1.165) is 109 Å². The van der Waals surface area contributed by atoms with Crippen molar-refractivity contribution in [1.82, 2.24) is 5.32 Å². The van der Waals surface area contributed by atoms with Crippen LogP contribution in [0.25, 0.3) is 0 Å². The van der Waals surface area contributed by atoms with E-state index < -0.39 is 20.0 Å². The molecule has 10 heteroatoms. The Hall–Kier alpha value is -3.07. The number of hydrogen-bond acceptors (Lipinski definition) is 6. The van der Waals surface area contributed by atoms with Crippen molar-refractivity contribution in [1.29, 1.82) is 0 Å². The van der Waals surface area contributed by atoms with Gasteiger partial charge in [-0.05, 0) is 109 Å². The van der Waals surface area contributed by atoms with Crippen LogP contribution in [0.1, 0.15) is 252 Å². The van der Waals surface area contributed by atoms with Gasteiger partial charge in [-0.2, -0.15) is 0 Å². The number of nitrogens with zero attached hydrogens (tertiary/aromatic N) is 1. The monoisotopic (exact) mass is 1070 g/mol. The number of allylic oxidation sites excluding steroid dienone is 15. The number of nitrogens with one attached hydrogen (secondary N) is 1. The van der Waals surface area contributed by atoms with Crippen molar-refractivity contribution in [3.05, 3.63) is 97.2 Å². The summed E-state index contributed by atoms with van der Waals surface area (Å²) in [6.07, 6.45) is 72.6. The molecule has 432 valence electrons. The molecule has 0 rings (SSSR count). The molecule has 0 spiro atoms. The second-order valence-electron chi connectivity index (χ2n) is 21.5. The van der Waals surface area contributed by atoms with Crippen LogP contribution in [-0.2, 0) is 27.9 Å². The third-order valence-electron chi connectivity index (χ3n) is 13.0. The quantitative estimate of drug-likeness (QED) is 0.0205. The first-order chi connectivity index (χ1) is 36.4. The number of phosphoric acid groups is 1. The zero-order valence-electron chi connectivity index (χ0n) is 49.3. The highest BCUT2D eigenvalue weighted by Gasteiger charge is 2.30. The van der Waals surface area contributed by atoms with Crippen molar-refractivity contribution in [2.75, 3.05) is 40.9 Å². The summed E-state index contributed by atoms with van der Waals surface area (Å²) in [5, 5.41) is 3.04. The van der Waals surface area contributed by atoms with Gasteiger partial charge in [-0.25, -0.2) is 4.57 Å². The Morgan fingerprint density at radius 2 is 0.853 bits per heavy atom. The van der Waals surface area contributed by atoms with Crippen molar-refractivity contribution in [3.63, 3.8) is 0 Å². The Kier molecular flexibility index (Phi) is 52.1. The van der Waals surface area contributed by atoms with E-state index in [4.69, 9.17) is 13.8 Å². The average Bonchev–Trinajstić information content (AvgIpc) is 3.37. The molecule has 0 fully saturated rings. The van der Waals surface area contributed by atoms with E-state index in [1.54, 1.807) is 0 Å². The highest BCUT2D eigenvalue weighted by molar-refractivity contribution is 7.47. The van der Waals surface area contributed by atoms with Gasteiger partial charge in [0.2, 0.25) is 5.91 Å². The highest BCUT2D eigenvalue weighted by atomic mass is 31.2.